The summed E-state index contributed by atoms with van der Waals surface area (Å²) in [5.74, 6) is 0. The van der Waals surface area contributed by atoms with Gasteiger partial charge in [0.2, 0.25) is 0 Å². The van der Waals surface area contributed by atoms with Gasteiger partial charge in [0, 0.05) is 28.9 Å². The van der Waals surface area contributed by atoms with Crippen molar-refractivity contribution in [2.75, 3.05) is 11.9 Å². The van der Waals surface area contributed by atoms with E-state index in [2.05, 4.69) is 74.9 Å². The minimum Gasteiger partial charge on any atom is -0.295 e. The predicted molar refractivity (Wildman–Crippen MR) is 82.7 cm³/mol. The van der Waals surface area contributed by atoms with E-state index >= 15 is 0 Å². The molecule has 17 heavy (non-hydrogen) atoms. The van der Waals surface area contributed by atoms with E-state index in [9.17, 15) is 0 Å². The van der Waals surface area contributed by atoms with Crippen molar-refractivity contribution in [2.45, 2.75) is 39.3 Å². The molecule has 0 heterocycles. The van der Waals surface area contributed by atoms with Crippen molar-refractivity contribution in [2.24, 2.45) is 0 Å². The topological polar surface area (TPSA) is 3.24 Å². The standard InChI is InChI=1S/C14H21Br2N/c1-3-13(4-2)17(10-9-15)11-12-7-5-6-8-14(12)16/h5-8,13H,3-4,9-11H2,1-2H3. The van der Waals surface area contributed by atoms with E-state index in [0.29, 0.717) is 6.04 Å². The summed E-state index contributed by atoms with van der Waals surface area (Å²) in [5, 5.41) is 1.04. The minimum atomic E-state index is 0.680. The largest absolute Gasteiger partial charge is 0.295 e. The number of halogens is 2. The highest BCUT2D eigenvalue weighted by Gasteiger charge is 2.15. The van der Waals surface area contributed by atoms with Crippen molar-refractivity contribution in [3.05, 3.63) is 34.3 Å². The van der Waals surface area contributed by atoms with E-state index in [-0.39, 0.29) is 0 Å². The molecule has 0 atom stereocenters. The molecule has 0 bridgehead atoms. The highest BCUT2D eigenvalue weighted by atomic mass is 79.9. The molecule has 3 heteroatoms. The Morgan fingerprint density at radius 2 is 1.82 bits per heavy atom. The summed E-state index contributed by atoms with van der Waals surface area (Å²) in [7, 11) is 0. The Kier molecular flexibility index (Phi) is 7.40. The number of hydrogen-bond acceptors (Lipinski definition) is 1. The van der Waals surface area contributed by atoms with Gasteiger partial charge >= 0.3 is 0 Å². The molecule has 0 N–H and O–H groups in total. The highest BCUT2D eigenvalue weighted by Crippen LogP contribution is 2.20. The van der Waals surface area contributed by atoms with Crippen LogP contribution in [0.4, 0.5) is 0 Å². The molecule has 1 nitrogen and oxygen atoms in total. The Balaban J connectivity index is 2.75. The lowest BCUT2D eigenvalue weighted by atomic mass is 10.1. The zero-order chi connectivity index (χ0) is 12.7. The van der Waals surface area contributed by atoms with Gasteiger partial charge in [-0.25, -0.2) is 0 Å². The van der Waals surface area contributed by atoms with Crippen molar-refractivity contribution in [3.63, 3.8) is 0 Å². The van der Waals surface area contributed by atoms with Crippen LogP contribution >= 0.6 is 31.9 Å². The van der Waals surface area contributed by atoms with Crippen LogP contribution in [0.2, 0.25) is 0 Å². The van der Waals surface area contributed by atoms with Crippen molar-refractivity contribution >= 4 is 31.9 Å². The molecule has 0 aliphatic rings. The molecule has 0 aromatic heterocycles. The van der Waals surface area contributed by atoms with Gasteiger partial charge in [0.05, 0.1) is 0 Å². The zero-order valence-electron chi connectivity index (χ0n) is 10.6. The second kappa shape index (κ2) is 8.28. The van der Waals surface area contributed by atoms with E-state index in [0.717, 1.165) is 18.4 Å². The van der Waals surface area contributed by atoms with Crippen LogP contribution in [0.3, 0.4) is 0 Å². The van der Waals surface area contributed by atoms with E-state index in [1.807, 2.05) is 0 Å². The molecule has 0 amide bonds. The number of benzene rings is 1. The van der Waals surface area contributed by atoms with Crippen molar-refractivity contribution < 1.29 is 0 Å². The van der Waals surface area contributed by atoms with Gasteiger partial charge in [-0.1, -0.05) is 63.9 Å². The average Bonchev–Trinajstić information content (AvgIpc) is 2.34. The van der Waals surface area contributed by atoms with Crippen LogP contribution in [0.15, 0.2) is 28.7 Å². The SMILES string of the molecule is CCC(CC)N(CCBr)Cc1ccccc1Br. The van der Waals surface area contributed by atoms with Gasteiger partial charge in [-0.05, 0) is 24.5 Å². The second-order valence-corrected chi connectivity index (χ2v) is 5.87. The Morgan fingerprint density at radius 1 is 1.18 bits per heavy atom. The Bertz CT molecular complexity index is 324. The first-order valence-electron chi connectivity index (χ1n) is 6.26. The second-order valence-electron chi connectivity index (χ2n) is 4.22. The molecule has 0 aliphatic heterocycles. The molecule has 1 rings (SSSR count). The van der Waals surface area contributed by atoms with Crippen LogP contribution in [-0.2, 0) is 6.54 Å². The number of hydrogen-bond donors (Lipinski definition) is 0. The van der Waals surface area contributed by atoms with E-state index in [4.69, 9.17) is 0 Å². The van der Waals surface area contributed by atoms with Gasteiger partial charge in [0.1, 0.15) is 0 Å². The summed E-state index contributed by atoms with van der Waals surface area (Å²) in [6.07, 6.45) is 2.43. The van der Waals surface area contributed by atoms with Crippen LogP contribution in [0.25, 0.3) is 0 Å². The van der Waals surface area contributed by atoms with Gasteiger partial charge in [0.15, 0.2) is 0 Å². The molecule has 1 aromatic rings. The van der Waals surface area contributed by atoms with Gasteiger partial charge in [0.25, 0.3) is 0 Å². The van der Waals surface area contributed by atoms with Gasteiger partial charge in [-0.2, -0.15) is 0 Å². The summed E-state index contributed by atoms with van der Waals surface area (Å²) in [6, 6.07) is 9.18. The summed E-state index contributed by atoms with van der Waals surface area (Å²) in [6.45, 7) is 6.68. The van der Waals surface area contributed by atoms with Crippen molar-refractivity contribution in [1.29, 1.82) is 0 Å². The van der Waals surface area contributed by atoms with E-state index in [1.165, 1.54) is 22.9 Å². The highest BCUT2D eigenvalue weighted by molar-refractivity contribution is 9.10. The molecule has 0 unspecified atom stereocenters. The quantitative estimate of drug-likeness (QED) is 0.627. The maximum absolute atomic E-state index is 3.63. The Morgan fingerprint density at radius 3 is 2.35 bits per heavy atom. The van der Waals surface area contributed by atoms with Crippen LogP contribution in [0, 0.1) is 0 Å². The summed E-state index contributed by atoms with van der Waals surface area (Å²) in [4.78, 5) is 2.56. The maximum Gasteiger partial charge on any atom is 0.0248 e. The maximum atomic E-state index is 3.63. The minimum absolute atomic E-state index is 0.680. The fraction of sp³-hybridized carbons (Fsp3) is 0.571. The third kappa shape index (κ3) is 4.72. The lowest BCUT2D eigenvalue weighted by Crippen LogP contribution is -2.35. The molecule has 1 aromatic carbocycles. The predicted octanol–water partition coefficient (Wildman–Crippen LogP) is 4.83. The molecule has 96 valence electrons. The molecular weight excluding hydrogens is 342 g/mol. The van der Waals surface area contributed by atoms with Crippen molar-refractivity contribution in [1.82, 2.24) is 4.90 Å². The van der Waals surface area contributed by atoms with Crippen LogP contribution in [0.5, 0.6) is 0 Å². The fourth-order valence-electron chi connectivity index (χ4n) is 2.15. The zero-order valence-corrected chi connectivity index (χ0v) is 13.8. The first kappa shape index (κ1) is 15.2. The number of alkyl halides is 1. The van der Waals surface area contributed by atoms with Crippen LogP contribution < -0.4 is 0 Å². The van der Waals surface area contributed by atoms with E-state index in [1.54, 1.807) is 0 Å². The monoisotopic (exact) mass is 361 g/mol. The molecule has 0 fully saturated rings. The summed E-state index contributed by atoms with van der Waals surface area (Å²) >= 11 is 7.19. The first-order chi connectivity index (χ1) is 8.22. The molecule has 0 aliphatic carbocycles. The normalized spacial score (nSPS) is 11.4. The molecule has 0 spiro atoms. The molecule has 0 saturated heterocycles. The number of nitrogens with zero attached hydrogens (tertiary/aromatic N) is 1. The third-order valence-corrected chi connectivity index (χ3v) is 4.29. The Hall–Kier alpha value is 0.140. The van der Waals surface area contributed by atoms with Gasteiger partial charge in [-0.15, -0.1) is 0 Å². The van der Waals surface area contributed by atoms with Gasteiger partial charge in [-0.3, -0.25) is 4.90 Å². The summed E-state index contributed by atoms with van der Waals surface area (Å²) < 4.78 is 1.21. The molecule has 0 saturated carbocycles. The number of rotatable bonds is 7. The first-order valence-corrected chi connectivity index (χ1v) is 8.17. The fourth-order valence-corrected chi connectivity index (χ4v) is 3.02. The summed E-state index contributed by atoms with van der Waals surface area (Å²) in [5.41, 5.74) is 1.38. The molecular formula is C14H21Br2N. The average molecular weight is 363 g/mol. The smallest absolute Gasteiger partial charge is 0.0248 e. The lowest BCUT2D eigenvalue weighted by Gasteiger charge is -2.30. The van der Waals surface area contributed by atoms with Gasteiger partial charge < -0.3 is 0 Å². The lowest BCUT2D eigenvalue weighted by molar-refractivity contribution is 0.189. The third-order valence-electron chi connectivity index (χ3n) is 3.16. The van der Waals surface area contributed by atoms with Crippen LogP contribution in [-0.4, -0.2) is 22.8 Å². The molecule has 0 radical (unpaired) electrons. The Labute approximate surface area is 122 Å². The van der Waals surface area contributed by atoms with E-state index < -0.39 is 0 Å². The van der Waals surface area contributed by atoms with Crippen LogP contribution in [0.1, 0.15) is 32.3 Å². The van der Waals surface area contributed by atoms with Crippen molar-refractivity contribution in [3.8, 4) is 0 Å².